The minimum Gasteiger partial charge on any atom is -0.399 e. The molecule has 0 radical (unpaired) electrons. The maximum atomic E-state index is 11.9. The Hall–Kier alpha value is -3.17. The first-order valence-electron chi connectivity index (χ1n) is 8.12. The summed E-state index contributed by atoms with van der Waals surface area (Å²) in [5.41, 5.74) is 7.91. The molecule has 0 aliphatic heterocycles. The zero-order valence-corrected chi connectivity index (χ0v) is 15.7. The van der Waals surface area contributed by atoms with Crippen molar-refractivity contribution in [3.63, 3.8) is 0 Å². The number of anilines is 5. The molecule has 3 rings (SSSR count). The molecule has 27 heavy (non-hydrogen) atoms. The molecular formula is C18H20N6O2S. The van der Waals surface area contributed by atoms with Gasteiger partial charge in [-0.25, -0.2) is 18.1 Å². The standard InChI is InChI=1S/C18H20N6O2S/c1-20-27(25,26)16-5-3-4-14(12-16)22-18-21-11-10-17(23-18)24(2)15-8-6-13(19)7-9-15/h3-12,20H,19H2,1-2H3,(H,21,22,23). The quantitative estimate of drug-likeness (QED) is 0.560. The van der Waals surface area contributed by atoms with Crippen molar-refractivity contribution in [1.82, 2.24) is 14.7 Å². The van der Waals surface area contributed by atoms with Crippen molar-refractivity contribution in [2.75, 3.05) is 30.0 Å². The molecule has 0 saturated carbocycles. The van der Waals surface area contributed by atoms with E-state index in [2.05, 4.69) is 20.0 Å². The van der Waals surface area contributed by atoms with E-state index in [0.29, 0.717) is 23.1 Å². The van der Waals surface area contributed by atoms with Crippen LogP contribution in [0, 0.1) is 0 Å². The van der Waals surface area contributed by atoms with Crippen LogP contribution in [0.4, 0.5) is 28.8 Å². The SMILES string of the molecule is CNS(=O)(=O)c1cccc(Nc2nccc(N(C)c3ccc(N)cc3)n2)c1. The smallest absolute Gasteiger partial charge is 0.240 e. The number of nitrogens with one attached hydrogen (secondary N) is 2. The average Bonchev–Trinajstić information content (AvgIpc) is 2.68. The molecule has 0 amide bonds. The lowest BCUT2D eigenvalue weighted by Crippen LogP contribution is -2.18. The highest BCUT2D eigenvalue weighted by Gasteiger charge is 2.12. The Kier molecular flexibility index (Phi) is 5.24. The highest BCUT2D eigenvalue weighted by Crippen LogP contribution is 2.24. The van der Waals surface area contributed by atoms with Crippen LogP contribution in [0.1, 0.15) is 0 Å². The molecule has 0 aliphatic rings. The Morgan fingerprint density at radius 3 is 2.52 bits per heavy atom. The molecular weight excluding hydrogens is 364 g/mol. The number of nitrogens with zero attached hydrogens (tertiary/aromatic N) is 3. The number of hydrogen-bond acceptors (Lipinski definition) is 7. The van der Waals surface area contributed by atoms with Gasteiger partial charge in [0, 0.05) is 30.3 Å². The molecule has 0 unspecified atom stereocenters. The monoisotopic (exact) mass is 384 g/mol. The summed E-state index contributed by atoms with van der Waals surface area (Å²) < 4.78 is 26.2. The molecule has 0 aliphatic carbocycles. The lowest BCUT2D eigenvalue weighted by Gasteiger charge is -2.19. The van der Waals surface area contributed by atoms with Crippen molar-refractivity contribution in [2.24, 2.45) is 0 Å². The lowest BCUT2D eigenvalue weighted by atomic mass is 10.2. The predicted octanol–water partition coefficient (Wildman–Crippen LogP) is 2.48. The van der Waals surface area contributed by atoms with Crippen LogP contribution in [0.2, 0.25) is 0 Å². The van der Waals surface area contributed by atoms with Crippen molar-refractivity contribution < 1.29 is 8.42 Å². The van der Waals surface area contributed by atoms with Gasteiger partial charge in [-0.1, -0.05) is 6.07 Å². The molecule has 1 aromatic heterocycles. The summed E-state index contributed by atoms with van der Waals surface area (Å²) in [7, 11) is -0.267. The van der Waals surface area contributed by atoms with Crippen LogP contribution in [0.3, 0.4) is 0 Å². The summed E-state index contributed by atoms with van der Waals surface area (Å²) >= 11 is 0. The van der Waals surface area contributed by atoms with Crippen molar-refractivity contribution in [1.29, 1.82) is 0 Å². The summed E-state index contributed by atoms with van der Waals surface area (Å²) in [5.74, 6) is 1.03. The van der Waals surface area contributed by atoms with Crippen molar-refractivity contribution >= 4 is 38.9 Å². The highest BCUT2D eigenvalue weighted by molar-refractivity contribution is 7.89. The molecule has 0 spiro atoms. The van der Waals surface area contributed by atoms with Crippen LogP contribution >= 0.6 is 0 Å². The molecule has 0 fully saturated rings. The minimum atomic E-state index is -3.52. The average molecular weight is 384 g/mol. The second kappa shape index (κ2) is 7.60. The van der Waals surface area contributed by atoms with E-state index in [1.54, 1.807) is 24.4 Å². The molecule has 0 bridgehead atoms. The Bertz CT molecular complexity index is 1040. The molecule has 1 heterocycles. The first kappa shape index (κ1) is 18.6. The summed E-state index contributed by atoms with van der Waals surface area (Å²) in [4.78, 5) is 10.7. The van der Waals surface area contributed by atoms with Crippen molar-refractivity contribution in [2.45, 2.75) is 4.90 Å². The number of sulfonamides is 1. The summed E-state index contributed by atoms with van der Waals surface area (Å²) in [6.45, 7) is 0. The van der Waals surface area contributed by atoms with Gasteiger partial charge in [0.1, 0.15) is 5.82 Å². The maximum absolute atomic E-state index is 11.9. The highest BCUT2D eigenvalue weighted by atomic mass is 32.2. The van der Waals surface area contributed by atoms with E-state index in [1.165, 1.54) is 19.2 Å². The molecule has 4 N–H and O–H groups in total. The predicted molar refractivity (Wildman–Crippen MR) is 107 cm³/mol. The van der Waals surface area contributed by atoms with Gasteiger partial charge in [0.25, 0.3) is 0 Å². The van der Waals surface area contributed by atoms with Gasteiger partial charge < -0.3 is 16.0 Å². The molecule has 0 atom stereocenters. The lowest BCUT2D eigenvalue weighted by molar-refractivity contribution is 0.588. The van der Waals surface area contributed by atoms with Crippen LogP contribution in [0.25, 0.3) is 0 Å². The second-order valence-electron chi connectivity index (χ2n) is 5.75. The van der Waals surface area contributed by atoms with Crippen LogP contribution in [0.15, 0.2) is 65.7 Å². The van der Waals surface area contributed by atoms with Gasteiger partial charge in [0.05, 0.1) is 4.90 Å². The third-order valence-electron chi connectivity index (χ3n) is 3.93. The zero-order chi connectivity index (χ0) is 19.4. The topological polar surface area (TPSA) is 113 Å². The minimum absolute atomic E-state index is 0.158. The van der Waals surface area contributed by atoms with E-state index in [1.807, 2.05) is 36.2 Å². The third-order valence-corrected chi connectivity index (χ3v) is 5.35. The number of aromatic nitrogens is 2. The Morgan fingerprint density at radius 1 is 1.07 bits per heavy atom. The van der Waals surface area contributed by atoms with Gasteiger partial charge >= 0.3 is 0 Å². The van der Waals surface area contributed by atoms with Crippen LogP contribution in [-0.2, 0) is 10.0 Å². The van der Waals surface area contributed by atoms with E-state index in [-0.39, 0.29) is 4.90 Å². The molecule has 0 saturated heterocycles. The maximum Gasteiger partial charge on any atom is 0.240 e. The molecule has 2 aromatic carbocycles. The zero-order valence-electron chi connectivity index (χ0n) is 14.9. The summed E-state index contributed by atoms with van der Waals surface area (Å²) in [6.07, 6.45) is 1.63. The summed E-state index contributed by atoms with van der Waals surface area (Å²) in [5, 5.41) is 3.04. The van der Waals surface area contributed by atoms with Crippen LogP contribution < -0.4 is 20.7 Å². The third kappa shape index (κ3) is 4.33. The van der Waals surface area contributed by atoms with E-state index >= 15 is 0 Å². The molecule has 9 heteroatoms. The first-order valence-corrected chi connectivity index (χ1v) is 9.60. The van der Waals surface area contributed by atoms with Gasteiger partial charge in [0.15, 0.2) is 0 Å². The second-order valence-corrected chi connectivity index (χ2v) is 7.64. The molecule has 3 aromatic rings. The fourth-order valence-electron chi connectivity index (χ4n) is 2.41. The Labute approximate surface area is 158 Å². The van der Waals surface area contributed by atoms with Gasteiger partial charge in [-0.2, -0.15) is 4.98 Å². The van der Waals surface area contributed by atoms with Crippen LogP contribution in [0.5, 0.6) is 0 Å². The van der Waals surface area contributed by atoms with Crippen molar-refractivity contribution in [3.05, 3.63) is 60.8 Å². The van der Waals surface area contributed by atoms with Gasteiger partial charge in [-0.05, 0) is 55.6 Å². The van der Waals surface area contributed by atoms with E-state index in [4.69, 9.17) is 5.73 Å². The van der Waals surface area contributed by atoms with E-state index in [9.17, 15) is 8.42 Å². The van der Waals surface area contributed by atoms with Crippen LogP contribution in [-0.4, -0.2) is 32.5 Å². The molecule has 8 nitrogen and oxygen atoms in total. The Balaban J connectivity index is 1.84. The largest absolute Gasteiger partial charge is 0.399 e. The fourth-order valence-corrected chi connectivity index (χ4v) is 3.19. The Morgan fingerprint density at radius 2 is 1.81 bits per heavy atom. The van der Waals surface area contributed by atoms with Crippen molar-refractivity contribution in [3.8, 4) is 0 Å². The van der Waals surface area contributed by atoms with Gasteiger partial charge in [0.2, 0.25) is 16.0 Å². The number of nitrogens with two attached hydrogens (primary N) is 1. The number of rotatable bonds is 6. The number of hydrogen-bond donors (Lipinski definition) is 3. The number of benzene rings is 2. The normalized spacial score (nSPS) is 11.2. The summed E-state index contributed by atoms with van der Waals surface area (Å²) in [6, 6.07) is 15.6. The molecule has 140 valence electrons. The number of nitrogen functional groups attached to an aromatic ring is 1. The van der Waals surface area contributed by atoms with E-state index in [0.717, 1.165) is 5.69 Å². The van der Waals surface area contributed by atoms with E-state index < -0.39 is 10.0 Å². The van der Waals surface area contributed by atoms with Gasteiger partial charge in [-0.15, -0.1) is 0 Å². The fraction of sp³-hybridized carbons (Fsp3) is 0.111. The van der Waals surface area contributed by atoms with Gasteiger partial charge in [-0.3, -0.25) is 0 Å². The first-order chi connectivity index (χ1) is 12.9.